The molecule has 0 aliphatic rings. The minimum Gasteiger partial charge on any atom is -0.383 e. The highest BCUT2D eigenvalue weighted by Crippen LogP contribution is 2.23. The van der Waals surface area contributed by atoms with Gasteiger partial charge in [0.15, 0.2) is 0 Å². The average molecular weight is 287 g/mol. The van der Waals surface area contributed by atoms with Crippen LogP contribution in [0.4, 0.5) is 5.82 Å². The summed E-state index contributed by atoms with van der Waals surface area (Å²) in [5.74, 6) is 1.06. The van der Waals surface area contributed by atoms with E-state index in [1.54, 1.807) is 7.11 Å². The van der Waals surface area contributed by atoms with Crippen molar-refractivity contribution in [1.82, 2.24) is 10.3 Å². The predicted octanol–water partition coefficient (Wildman–Crippen LogP) is 2.82. The smallest absolute Gasteiger partial charge is 0.133 e. The lowest BCUT2D eigenvalue weighted by Crippen LogP contribution is -2.29. The highest BCUT2D eigenvalue weighted by Gasteiger charge is 2.12. The lowest BCUT2D eigenvalue weighted by Gasteiger charge is -2.25. The molecule has 1 aromatic heterocycles. The van der Waals surface area contributed by atoms with Crippen LogP contribution in [0.5, 0.6) is 0 Å². The Hall–Kier alpha value is -1.65. The van der Waals surface area contributed by atoms with Crippen LogP contribution in [-0.2, 0) is 11.3 Å². The number of para-hydroxylation sites is 1. The first-order valence-electron chi connectivity index (χ1n) is 7.63. The van der Waals surface area contributed by atoms with E-state index in [1.807, 2.05) is 6.07 Å². The van der Waals surface area contributed by atoms with E-state index in [4.69, 9.17) is 9.72 Å². The number of nitrogens with zero attached hydrogens (tertiary/aromatic N) is 2. The van der Waals surface area contributed by atoms with Crippen molar-refractivity contribution >= 4 is 16.7 Å². The Morgan fingerprint density at radius 3 is 2.76 bits per heavy atom. The molecule has 2 aromatic rings. The fourth-order valence-corrected chi connectivity index (χ4v) is 2.43. The van der Waals surface area contributed by atoms with E-state index < -0.39 is 0 Å². The molecule has 4 heteroatoms. The van der Waals surface area contributed by atoms with Gasteiger partial charge in [0.2, 0.25) is 0 Å². The molecule has 0 amide bonds. The van der Waals surface area contributed by atoms with Gasteiger partial charge in [0.1, 0.15) is 5.82 Å². The van der Waals surface area contributed by atoms with Crippen molar-refractivity contribution in [3.05, 3.63) is 35.9 Å². The number of hydrogen-bond donors (Lipinski definition) is 1. The molecule has 0 saturated heterocycles. The third-order valence-corrected chi connectivity index (χ3v) is 3.59. The summed E-state index contributed by atoms with van der Waals surface area (Å²) >= 11 is 0. The van der Waals surface area contributed by atoms with Gasteiger partial charge in [-0.25, -0.2) is 4.98 Å². The summed E-state index contributed by atoms with van der Waals surface area (Å²) in [4.78, 5) is 7.16. The molecule has 0 unspecified atom stereocenters. The third kappa shape index (κ3) is 3.93. The van der Waals surface area contributed by atoms with Crippen LogP contribution < -0.4 is 10.2 Å². The van der Waals surface area contributed by atoms with Gasteiger partial charge in [0.05, 0.1) is 12.1 Å². The highest BCUT2D eigenvalue weighted by atomic mass is 16.5. The number of fused-ring (bicyclic) bond motifs is 1. The first-order valence-corrected chi connectivity index (χ1v) is 7.63. The van der Waals surface area contributed by atoms with Gasteiger partial charge in [-0.1, -0.05) is 25.1 Å². The molecule has 0 fully saturated rings. The van der Waals surface area contributed by atoms with Crippen LogP contribution in [0, 0.1) is 0 Å². The lowest BCUT2D eigenvalue weighted by molar-refractivity contribution is 0.205. The molecule has 0 radical (unpaired) electrons. The van der Waals surface area contributed by atoms with Crippen molar-refractivity contribution < 1.29 is 4.74 Å². The first-order chi connectivity index (χ1) is 10.3. The van der Waals surface area contributed by atoms with Gasteiger partial charge in [0, 0.05) is 37.7 Å². The van der Waals surface area contributed by atoms with Crippen LogP contribution in [0.2, 0.25) is 0 Å². The van der Waals surface area contributed by atoms with Crippen LogP contribution in [0.15, 0.2) is 30.3 Å². The topological polar surface area (TPSA) is 37.4 Å². The van der Waals surface area contributed by atoms with Crippen molar-refractivity contribution in [2.75, 3.05) is 38.3 Å². The number of benzene rings is 1. The predicted molar refractivity (Wildman–Crippen MR) is 88.9 cm³/mol. The van der Waals surface area contributed by atoms with E-state index in [9.17, 15) is 0 Å². The molecular formula is C17H25N3O. The molecule has 0 atom stereocenters. The minimum absolute atomic E-state index is 0.711. The van der Waals surface area contributed by atoms with Gasteiger partial charge >= 0.3 is 0 Å². The molecule has 1 aromatic carbocycles. The van der Waals surface area contributed by atoms with Crippen LogP contribution in [0.3, 0.4) is 0 Å². The Bertz CT molecular complexity index is 571. The Labute approximate surface area is 127 Å². The van der Waals surface area contributed by atoms with Gasteiger partial charge in [-0.05, 0) is 25.6 Å². The fraction of sp³-hybridized carbons (Fsp3) is 0.471. The Morgan fingerprint density at radius 2 is 2.05 bits per heavy atom. The maximum atomic E-state index is 5.22. The largest absolute Gasteiger partial charge is 0.383 e. The molecule has 114 valence electrons. The van der Waals surface area contributed by atoms with E-state index in [1.165, 1.54) is 10.9 Å². The summed E-state index contributed by atoms with van der Waals surface area (Å²) in [5, 5.41) is 4.60. The van der Waals surface area contributed by atoms with Crippen molar-refractivity contribution in [1.29, 1.82) is 0 Å². The third-order valence-electron chi connectivity index (χ3n) is 3.59. The van der Waals surface area contributed by atoms with Crippen LogP contribution in [-0.4, -0.2) is 38.3 Å². The second kappa shape index (κ2) is 7.96. The van der Waals surface area contributed by atoms with Gasteiger partial charge < -0.3 is 15.0 Å². The summed E-state index contributed by atoms with van der Waals surface area (Å²) < 4.78 is 5.22. The van der Waals surface area contributed by atoms with Crippen molar-refractivity contribution in [3.8, 4) is 0 Å². The summed E-state index contributed by atoms with van der Waals surface area (Å²) in [5.41, 5.74) is 2.29. The molecule has 0 aliphatic heterocycles. The molecular weight excluding hydrogens is 262 g/mol. The van der Waals surface area contributed by atoms with Crippen molar-refractivity contribution in [2.24, 2.45) is 0 Å². The molecule has 21 heavy (non-hydrogen) atoms. The average Bonchev–Trinajstić information content (AvgIpc) is 2.53. The quantitative estimate of drug-likeness (QED) is 0.810. The Morgan fingerprint density at radius 1 is 1.24 bits per heavy atom. The molecule has 0 saturated carbocycles. The Kier molecular flexibility index (Phi) is 5.96. The molecule has 4 nitrogen and oxygen atoms in total. The number of ether oxygens (including phenoxy) is 1. The normalized spacial score (nSPS) is 11.0. The second-order valence-corrected chi connectivity index (χ2v) is 5.02. The zero-order chi connectivity index (χ0) is 15.1. The molecule has 1 heterocycles. The summed E-state index contributed by atoms with van der Waals surface area (Å²) in [6, 6.07) is 10.5. The maximum absolute atomic E-state index is 5.22. The molecule has 0 bridgehead atoms. The van der Waals surface area contributed by atoms with Crippen LogP contribution in [0.1, 0.15) is 19.4 Å². The number of hydrogen-bond acceptors (Lipinski definition) is 4. The number of anilines is 1. The highest BCUT2D eigenvalue weighted by molar-refractivity contribution is 5.81. The zero-order valence-electron chi connectivity index (χ0n) is 13.2. The van der Waals surface area contributed by atoms with Gasteiger partial charge in [-0.15, -0.1) is 0 Å². The van der Waals surface area contributed by atoms with Crippen LogP contribution in [0.25, 0.3) is 10.9 Å². The van der Waals surface area contributed by atoms with Gasteiger partial charge in [0.25, 0.3) is 0 Å². The summed E-state index contributed by atoms with van der Waals surface area (Å²) in [6.45, 7) is 8.57. The van der Waals surface area contributed by atoms with Crippen LogP contribution >= 0.6 is 0 Å². The molecule has 1 N–H and O–H groups in total. The first kappa shape index (κ1) is 15.7. The molecule has 0 aliphatic carbocycles. The lowest BCUT2D eigenvalue weighted by atomic mass is 10.1. The number of likely N-dealkylation sites (N-methyl/N-ethyl adjacent to an activating group) is 1. The van der Waals surface area contributed by atoms with E-state index in [0.717, 1.165) is 37.5 Å². The maximum Gasteiger partial charge on any atom is 0.133 e. The second-order valence-electron chi connectivity index (χ2n) is 5.02. The minimum atomic E-state index is 0.711. The molecule has 2 rings (SSSR count). The summed E-state index contributed by atoms with van der Waals surface area (Å²) in [6.07, 6.45) is 0. The number of nitrogens with one attached hydrogen (secondary N) is 1. The van der Waals surface area contributed by atoms with E-state index in [0.29, 0.717) is 6.61 Å². The van der Waals surface area contributed by atoms with Gasteiger partial charge in [-0.2, -0.15) is 0 Å². The number of pyridine rings is 1. The van der Waals surface area contributed by atoms with Crippen molar-refractivity contribution in [2.45, 2.75) is 20.4 Å². The van der Waals surface area contributed by atoms with Crippen molar-refractivity contribution in [3.63, 3.8) is 0 Å². The number of aromatic nitrogens is 1. The van der Waals surface area contributed by atoms with E-state index >= 15 is 0 Å². The number of methoxy groups -OCH3 is 1. The van der Waals surface area contributed by atoms with E-state index in [-0.39, 0.29) is 0 Å². The zero-order valence-corrected chi connectivity index (χ0v) is 13.2. The fourth-order valence-electron chi connectivity index (χ4n) is 2.43. The SMILES string of the molecule is CCNCc1cc2ccccc2nc1N(CC)CCOC. The van der Waals surface area contributed by atoms with Gasteiger partial charge in [-0.3, -0.25) is 0 Å². The molecule has 0 spiro atoms. The number of rotatable bonds is 8. The van der Waals surface area contributed by atoms with E-state index in [2.05, 4.69) is 48.3 Å². The Balaban J connectivity index is 2.41. The monoisotopic (exact) mass is 287 g/mol. The standard InChI is InChI=1S/C17H25N3O/c1-4-18-13-15-12-14-8-6-7-9-16(14)19-17(15)20(5-2)10-11-21-3/h6-9,12,18H,4-5,10-11,13H2,1-3H3. The summed E-state index contributed by atoms with van der Waals surface area (Å²) in [7, 11) is 1.74.